The molecule has 2 aromatic carbocycles. The Morgan fingerprint density at radius 1 is 1.32 bits per heavy atom. The summed E-state index contributed by atoms with van der Waals surface area (Å²) < 4.78 is 18.9. The van der Waals surface area contributed by atoms with Gasteiger partial charge in [0.25, 0.3) is 5.91 Å². The molecule has 1 atom stereocenters. The smallest absolute Gasteiger partial charge is 0.262 e. The van der Waals surface area contributed by atoms with Crippen LogP contribution >= 0.6 is 0 Å². The lowest BCUT2D eigenvalue weighted by molar-refractivity contribution is -0.118. The van der Waals surface area contributed by atoms with E-state index in [1.165, 1.54) is 6.07 Å². The Morgan fingerprint density at radius 3 is 2.95 bits per heavy atom. The molecule has 1 heterocycles. The number of amides is 1. The van der Waals surface area contributed by atoms with Crippen LogP contribution in [0.15, 0.2) is 42.5 Å². The topological polar surface area (TPSA) is 50.4 Å². The molecule has 0 unspecified atom stereocenters. The van der Waals surface area contributed by atoms with E-state index in [1.807, 2.05) is 31.2 Å². The van der Waals surface area contributed by atoms with Gasteiger partial charge in [-0.05, 0) is 30.7 Å². The van der Waals surface area contributed by atoms with Gasteiger partial charge in [0.05, 0.1) is 5.69 Å². The highest BCUT2D eigenvalue weighted by Gasteiger charge is 2.17. The molecule has 2 N–H and O–H groups in total. The average Bonchev–Trinajstić information content (AvgIpc) is 2.53. The first kappa shape index (κ1) is 14.5. The number of rotatable bonds is 4. The van der Waals surface area contributed by atoms with Crippen LogP contribution in [0.5, 0.6) is 5.75 Å². The second kappa shape index (κ2) is 6.15. The van der Waals surface area contributed by atoms with Crippen molar-refractivity contribution in [2.75, 3.05) is 11.9 Å². The molecular weight excluding hydrogens is 283 g/mol. The van der Waals surface area contributed by atoms with Crippen molar-refractivity contribution in [3.05, 3.63) is 59.4 Å². The summed E-state index contributed by atoms with van der Waals surface area (Å²) in [6.07, 6.45) is 0. The first-order chi connectivity index (χ1) is 10.6. The summed E-state index contributed by atoms with van der Waals surface area (Å²) in [6, 6.07) is 12.4. The molecule has 2 aromatic rings. The molecule has 1 aliphatic rings. The van der Waals surface area contributed by atoms with Crippen LogP contribution < -0.4 is 15.4 Å². The Labute approximate surface area is 128 Å². The third-order valence-electron chi connectivity index (χ3n) is 3.69. The van der Waals surface area contributed by atoms with Crippen molar-refractivity contribution in [1.29, 1.82) is 0 Å². The highest BCUT2D eigenvalue weighted by molar-refractivity contribution is 5.95. The van der Waals surface area contributed by atoms with Gasteiger partial charge in [0.15, 0.2) is 6.61 Å². The fourth-order valence-electron chi connectivity index (χ4n) is 2.39. The van der Waals surface area contributed by atoms with Gasteiger partial charge in [0, 0.05) is 18.2 Å². The van der Waals surface area contributed by atoms with E-state index in [0.29, 0.717) is 23.5 Å². The Hall–Kier alpha value is -2.40. The molecule has 1 amide bonds. The standard InChI is InChI=1S/C17H17FN2O2/c1-11(19-9-13-4-2-3-5-14(13)18)12-6-7-16-15(8-12)20-17(21)10-22-16/h2-8,11,19H,9-10H2,1H3,(H,20,21)/t11-/m1/s1. The Morgan fingerprint density at radius 2 is 2.14 bits per heavy atom. The van der Waals surface area contributed by atoms with Gasteiger partial charge in [-0.15, -0.1) is 0 Å². The lowest BCUT2D eigenvalue weighted by Crippen LogP contribution is -2.26. The first-order valence-electron chi connectivity index (χ1n) is 7.17. The number of hydrogen-bond donors (Lipinski definition) is 2. The lowest BCUT2D eigenvalue weighted by atomic mass is 10.1. The summed E-state index contributed by atoms with van der Waals surface area (Å²) in [5.74, 6) is 0.301. The van der Waals surface area contributed by atoms with Gasteiger partial charge in [0.1, 0.15) is 11.6 Å². The first-order valence-corrected chi connectivity index (χ1v) is 7.17. The quantitative estimate of drug-likeness (QED) is 0.912. The Balaban J connectivity index is 1.70. The van der Waals surface area contributed by atoms with Crippen LogP contribution in [-0.4, -0.2) is 12.5 Å². The molecule has 0 aliphatic carbocycles. The number of carbonyl (C=O) groups excluding carboxylic acids is 1. The molecule has 0 bridgehead atoms. The third-order valence-corrected chi connectivity index (χ3v) is 3.69. The maximum absolute atomic E-state index is 13.6. The van der Waals surface area contributed by atoms with Crippen molar-refractivity contribution in [2.24, 2.45) is 0 Å². The molecular formula is C17H17FN2O2. The van der Waals surface area contributed by atoms with Crippen molar-refractivity contribution in [1.82, 2.24) is 5.32 Å². The van der Waals surface area contributed by atoms with E-state index in [4.69, 9.17) is 4.74 Å². The van der Waals surface area contributed by atoms with E-state index in [9.17, 15) is 9.18 Å². The molecule has 0 radical (unpaired) electrons. The number of nitrogens with one attached hydrogen (secondary N) is 2. The average molecular weight is 300 g/mol. The Kier molecular flexibility index (Phi) is 4.06. The van der Waals surface area contributed by atoms with Crippen LogP contribution in [0.25, 0.3) is 0 Å². The van der Waals surface area contributed by atoms with E-state index in [2.05, 4.69) is 10.6 Å². The van der Waals surface area contributed by atoms with Crippen LogP contribution in [0.3, 0.4) is 0 Å². The maximum Gasteiger partial charge on any atom is 0.262 e. The zero-order chi connectivity index (χ0) is 15.5. The second-order valence-corrected chi connectivity index (χ2v) is 5.29. The van der Waals surface area contributed by atoms with E-state index in [0.717, 1.165) is 5.56 Å². The summed E-state index contributed by atoms with van der Waals surface area (Å²) in [4.78, 5) is 11.4. The van der Waals surface area contributed by atoms with E-state index in [1.54, 1.807) is 12.1 Å². The minimum Gasteiger partial charge on any atom is -0.482 e. The highest BCUT2D eigenvalue weighted by atomic mass is 19.1. The van der Waals surface area contributed by atoms with Gasteiger partial charge in [0.2, 0.25) is 0 Å². The molecule has 0 saturated carbocycles. The van der Waals surface area contributed by atoms with Gasteiger partial charge >= 0.3 is 0 Å². The number of ether oxygens (including phenoxy) is 1. The second-order valence-electron chi connectivity index (χ2n) is 5.29. The van der Waals surface area contributed by atoms with Crippen molar-refractivity contribution in [3.63, 3.8) is 0 Å². The molecule has 0 fully saturated rings. The summed E-state index contributed by atoms with van der Waals surface area (Å²) in [6.45, 7) is 2.48. The van der Waals surface area contributed by atoms with Crippen LogP contribution in [0.4, 0.5) is 10.1 Å². The van der Waals surface area contributed by atoms with E-state index < -0.39 is 0 Å². The molecule has 22 heavy (non-hydrogen) atoms. The predicted octanol–water partition coefficient (Wildman–Crippen LogP) is 3.01. The zero-order valence-corrected chi connectivity index (χ0v) is 12.2. The fraction of sp³-hybridized carbons (Fsp3) is 0.235. The SMILES string of the molecule is C[C@@H](NCc1ccccc1F)c1ccc2c(c1)NC(=O)CO2. The number of halogens is 1. The minimum absolute atomic E-state index is 0.0173. The van der Waals surface area contributed by atoms with Gasteiger partial charge in [-0.1, -0.05) is 24.3 Å². The lowest BCUT2D eigenvalue weighted by Gasteiger charge is -2.21. The minimum atomic E-state index is -0.215. The number of hydrogen-bond acceptors (Lipinski definition) is 3. The van der Waals surface area contributed by atoms with E-state index in [-0.39, 0.29) is 24.4 Å². The summed E-state index contributed by atoms with van der Waals surface area (Å²) in [7, 11) is 0. The fourth-order valence-corrected chi connectivity index (χ4v) is 2.39. The van der Waals surface area contributed by atoms with Gasteiger partial charge in [-0.2, -0.15) is 0 Å². The van der Waals surface area contributed by atoms with Crippen LogP contribution in [0.1, 0.15) is 24.1 Å². The zero-order valence-electron chi connectivity index (χ0n) is 12.2. The summed E-state index contributed by atoms with van der Waals surface area (Å²) >= 11 is 0. The summed E-state index contributed by atoms with van der Waals surface area (Å²) in [5.41, 5.74) is 2.30. The van der Waals surface area contributed by atoms with Crippen molar-refractivity contribution in [3.8, 4) is 5.75 Å². The van der Waals surface area contributed by atoms with Crippen molar-refractivity contribution >= 4 is 11.6 Å². The Bertz CT molecular complexity index is 703. The van der Waals surface area contributed by atoms with Crippen molar-refractivity contribution in [2.45, 2.75) is 19.5 Å². The molecule has 0 aromatic heterocycles. The molecule has 5 heteroatoms. The number of carbonyl (C=O) groups is 1. The molecule has 114 valence electrons. The van der Waals surface area contributed by atoms with Crippen LogP contribution in [0.2, 0.25) is 0 Å². The third kappa shape index (κ3) is 3.09. The van der Waals surface area contributed by atoms with E-state index >= 15 is 0 Å². The normalized spacial score (nSPS) is 14.7. The molecule has 0 spiro atoms. The maximum atomic E-state index is 13.6. The van der Waals surface area contributed by atoms with Gasteiger partial charge in [-0.3, -0.25) is 4.79 Å². The monoisotopic (exact) mass is 300 g/mol. The molecule has 0 saturated heterocycles. The van der Waals surface area contributed by atoms with Gasteiger partial charge in [-0.25, -0.2) is 4.39 Å². The molecule has 4 nitrogen and oxygen atoms in total. The number of benzene rings is 2. The number of fused-ring (bicyclic) bond motifs is 1. The molecule has 3 rings (SSSR count). The molecule has 1 aliphatic heterocycles. The van der Waals surface area contributed by atoms with Crippen LogP contribution in [0, 0.1) is 5.82 Å². The largest absolute Gasteiger partial charge is 0.482 e. The van der Waals surface area contributed by atoms with Crippen molar-refractivity contribution < 1.29 is 13.9 Å². The summed E-state index contributed by atoms with van der Waals surface area (Å²) in [5, 5.41) is 6.07. The highest BCUT2D eigenvalue weighted by Crippen LogP contribution is 2.30. The van der Waals surface area contributed by atoms with Gasteiger partial charge < -0.3 is 15.4 Å². The predicted molar refractivity (Wildman–Crippen MR) is 82.2 cm³/mol. The van der Waals surface area contributed by atoms with Crippen LogP contribution in [-0.2, 0) is 11.3 Å². The number of anilines is 1.